The monoisotopic (exact) mass is 276 g/mol. The Labute approximate surface area is 66.3 Å². The summed E-state index contributed by atoms with van der Waals surface area (Å²) in [6, 6.07) is 0. The zero-order chi connectivity index (χ0) is 3.58. The molecule has 0 atom stereocenters. The van der Waals surface area contributed by atoms with Crippen LogP contribution >= 0.6 is 0 Å². The van der Waals surface area contributed by atoms with Gasteiger partial charge in [0, 0.05) is 0 Å². The summed E-state index contributed by atoms with van der Waals surface area (Å²) in [7, 11) is -3.17. The quantitative estimate of drug-likeness (QED) is 0.466. The summed E-state index contributed by atoms with van der Waals surface area (Å²) < 4.78 is 9.89. The van der Waals surface area contributed by atoms with Crippen LogP contribution in [0.1, 0.15) is 0 Å². The first kappa shape index (κ1) is 15.7. The van der Waals surface area contributed by atoms with Crippen LogP contribution in [-0.4, -0.2) is 7.40 Å². The molecule has 0 bridgehead atoms. The van der Waals surface area contributed by atoms with Crippen LogP contribution in [0.3, 0.4) is 0 Å². The van der Waals surface area contributed by atoms with Crippen molar-refractivity contribution in [3.63, 3.8) is 0 Å². The smallest absolute Gasteiger partial charge is 0.867 e. The van der Waals surface area contributed by atoms with Crippen molar-refractivity contribution in [3.05, 3.63) is 0 Å². The molecule has 0 fully saturated rings. The maximum atomic E-state index is 9.89. The molecule has 0 saturated heterocycles. The Balaban J connectivity index is -0.0000000450. The summed E-state index contributed by atoms with van der Waals surface area (Å²) in [6.07, 6.45) is 0. The van der Waals surface area contributed by atoms with Gasteiger partial charge < -0.3 is 14.4 Å². The van der Waals surface area contributed by atoms with Crippen molar-refractivity contribution in [3.8, 4) is 0 Å². The van der Waals surface area contributed by atoms with Crippen molar-refractivity contribution >= 4 is 7.40 Å². The molecular weight excluding hydrogens is 278 g/mol. The predicted molar refractivity (Wildman–Crippen MR) is 6.86 cm³/mol. The van der Waals surface area contributed by atoms with Crippen molar-refractivity contribution in [2.24, 2.45) is 0 Å². The molecule has 6 heteroatoms. The standard InChI is InChI=1S/2Ag.BFO2/c;;2-1(3)4/q2*+1;-2. The molecular formula is Ag2BFO2. The molecule has 0 aromatic rings. The van der Waals surface area contributed by atoms with Gasteiger partial charge in [0.15, 0.2) is 0 Å². The Kier molecular flexibility index (Phi) is 25.1. The zero-order valence-electron chi connectivity index (χ0n) is 2.37. The summed E-state index contributed by atoms with van der Waals surface area (Å²) in [5, 5.41) is 16.6. The van der Waals surface area contributed by atoms with E-state index in [0.717, 1.165) is 0 Å². The largest absolute Gasteiger partial charge is 1.00 e. The molecule has 0 spiro atoms. The van der Waals surface area contributed by atoms with E-state index in [1.165, 1.54) is 0 Å². The molecule has 2 nitrogen and oxygen atoms in total. The van der Waals surface area contributed by atoms with Gasteiger partial charge in [0.2, 0.25) is 0 Å². The van der Waals surface area contributed by atoms with Crippen LogP contribution in [0.5, 0.6) is 0 Å². The molecule has 0 N–H and O–H groups in total. The second kappa shape index (κ2) is 9.64. The summed E-state index contributed by atoms with van der Waals surface area (Å²) in [5.41, 5.74) is 0. The molecule has 44 valence electrons. The van der Waals surface area contributed by atoms with Gasteiger partial charge in [-0.1, -0.05) is 0 Å². The molecule has 6 heavy (non-hydrogen) atoms. The molecule has 0 saturated carbocycles. The molecule has 0 heterocycles. The first-order valence-electron chi connectivity index (χ1n) is 0.690. The topological polar surface area (TPSA) is 46.1 Å². The average molecular weight is 278 g/mol. The molecule has 0 unspecified atom stereocenters. The van der Waals surface area contributed by atoms with Crippen LogP contribution in [-0.2, 0) is 44.8 Å². The van der Waals surface area contributed by atoms with E-state index >= 15 is 0 Å². The van der Waals surface area contributed by atoms with Gasteiger partial charge in [-0.2, -0.15) is 0 Å². The second-order valence-electron chi connectivity index (χ2n) is 0.274. The maximum Gasteiger partial charge on any atom is 1.00 e. The Hall–Kier alpha value is 1.40. The summed E-state index contributed by atoms with van der Waals surface area (Å²) in [6.45, 7) is 0. The predicted octanol–water partition coefficient (Wildman–Crippen LogP) is -2.34. The van der Waals surface area contributed by atoms with E-state index in [4.69, 9.17) is 10.0 Å². The van der Waals surface area contributed by atoms with Crippen LogP contribution < -0.4 is 10.0 Å². The van der Waals surface area contributed by atoms with Crippen molar-refractivity contribution < 1.29 is 59.1 Å². The van der Waals surface area contributed by atoms with Crippen LogP contribution in [0.25, 0.3) is 0 Å². The van der Waals surface area contributed by atoms with Crippen LogP contribution in [0.15, 0.2) is 0 Å². The Morgan fingerprint density at radius 2 is 1.17 bits per heavy atom. The molecule has 0 amide bonds. The average Bonchev–Trinajstić information content (AvgIpc) is 0.811. The number of rotatable bonds is 0. The van der Waals surface area contributed by atoms with E-state index in [-0.39, 0.29) is 44.8 Å². The molecule has 0 aromatic heterocycles. The summed E-state index contributed by atoms with van der Waals surface area (Å²) >= 11 is 0. The van der Waals surface area contributed by atoms with Gasteiger partial charge in [0.05, 0.1) is 0 Å². The third-order valence-electron chi connectivity index (χ3n) is 0. The third-order valence-corrected chi connectivity index (χ3v) is 0. The Morgan fingerprint density at radius 1 is 1.17 bits per heavy atom. The number of hydrogen-bond donors (Lipinski definition) is 0. The third kappa shape index (κ3) is 53.5. The summed E-state index contributed by atoms with van der Waals surface area (Å²) in [5.74, 6) is 0. The molecule has 0 aromatic carbocycles. The van der Waals surface area contributed by atoms with Crippen molar-refractivity contribution in [1.82, 2.24) is 0 Å². The second-order valence-corrected chi connectivity index (χ2v) is 0.274. The van der Waals surface area contributed by atoms with Gasteiger partial charge in [-0.25, -0.2) is 0 Å². The first-order chi connectivity index (χ1) is 1.73. The van der Waals surface area contributed by atoms with E-state index < -0.39 is 7.40 Å². The normalized spacial score (nSPS) is 4.50. The van der Waals surface area contributed by atoms with E-state index in [9.17, 15) is 4.32 Å². The fraction of sp³-hybridized carbons (Fsp3) is 0. The molecule has 0 aliphatic carbocycles. The van der Waals surface area contributed by atoms with Crippen LogP contribution in [0, 0.1) is 0 Å². The van der Waals surface area contributed by atoms with E-state index in [2.05, 4.69) is 0 Å². The van der Waals surface area contributed by atoms with Crippen LogP contribution in [0.4, 0.5) is 4.32 Å². The molecule has 0 aliphatic heterocycles. The van der Waals surface area contributed by atoms with Gasteiger partial charge in [-0.05, 0) is 0 Å². The van der Waals surface area contributed by atoms with Crippen molar-refractivity contribution in [2.75, 3.05) is 0 Å². The van der Waals surface area contributed by atoms with Gasteiger partial charge in [0.1, 0.15) is 7.40 Å². The minimum absolute atomic E-state index is 0. The minimum atomic E-state index is -3.17. The summed E-state index contributed by atoms with van der Waals surface area (Å²) in [4.78, 5) is 0. The van der Waals surface area contributed by atoms with Gasteiger partial charge in [0.25, 0.3) is 0 Å². The fourth-order valence-corrected chi connectivity index (χ4v) is 0. The molecule has 0 radical (unpaired) electrons. The maximum absolute atomic E-state index is 9.89. The minimum Gasteiger partial charge on any atom is -0.867 e. The van der Waals surface area contributed by atoms with E-state index in [1.807, 2.05) is 0 Å². The fourth-order valence-electron chi connectivity index (χ4n) is 0. The van der Waals surface area contributed by atoms with Gasteiger partial charge in [-0.15, -0.1) is 0 Å². The van der Waals surface area contributed by atoms with Crippen molar-refractivity contribution in [2.45, 2.75) is 0 Å². The van der Waals surface area contributed by atoms with Gasteiger partial charge in [-0.3, -0.25) is 0 Å². The molecule has 0 rings (SSSR count). The number of halogens is 1. The zero-order valence-corrected chi connectivity index (χ0v) is 5.34. The van der Waals surface area contributed by atoms with Crippen LogP contribution in [0.2, 0.25) is 0 Å². The SMILES string of the molecule is [Ag+].[Ag+].[O-]B([O-])F. The van der Waals surface area contributed by atoms with E-state index in [0.29, 0.717) is 0 Å². The first-order valence-corrected chi connectivity index (χ1v) is 0.690. The van der Waals surface area contributed by atoms with E-state index in [1.54, 1.807) is 0 Å². The van der Waals surface area contributed by atoms with Crippen molar-refractivity contribution in [1.29, 1.82) is 0 Å². The Bertz CT molecular complexity index is 16.3. The Morgan fingerprint density at radius 3 is 1.17 bits per heavy atom. The van der Waals surface area contributed by atoms with Gasteiger partial charge >= 0.3 is 44.8 Å². The number of hydrogen-bond acceptors (Lipinski definition) is 2. The molecule has 0 aliphatic rings.